The molecule has 1 saturated heterocycles. The molecule has 1 saturated carbocycles. The highest BCUT2D eigenvalue weighted by molar-refractivity contribution is 7.09. The molecule has 0 amide bonds. The lowest BCUT2D eigenvalue weighted by Gasteiger charge is -2.46. The van der Waals surface area contributed by atoms with Gasteiger partial charge in [0.2, 0.25) is 0 Å². The summed E-state index contributed by atoms with van der Waals surface area (Å²) in [5.74, 6) is 0. The molecule has 2 fully saturated rings. The van der Waals surface area contributed by atoms with Crippen LogP contribution in [0.5, 0.6) is 0 Å². The third kappa shape index (κ3) is 3.04. The van der Waals surface area contributed by atoms with Crippen LogP contribution >= 0.6 is 11.3 Å². The molecule has 1 N–H and O–H groups in total. The maximum Gasteiger partial charge on any atom is 0.0332 e. The van der Waals surface area contributed by atoms with E-state index >= 15 is 0 Å². The summed E-state index contributed by atoms with van der Waals surface area (Å²) in [4.78, 5) is 4.29. The lowest BCUT2D eigenvalue weighted by Crippen LogP contribution is -2.62. The molecule has 1 aromatic heterocycles. The predicted octanol–water partition coefficient (Wildman–Crippen LogP) is 3.63. The quantitative estimate of drug-likeness (QED) is 0.904. The first kappa shape index (κ1) is 13.6. The summed E-state index contributed by atoms with van der Waals surface area (Å²) in [6, 6.07) is 5.21. The summed E-state index contributed by atoms with van der Waals surface area (Å²) in [5.41, 5.74) is 0.446. The Morgan fingerprint density at radius 1 is 1.42 bits per heavy atom. The third-order valence-corrected chi connectivity index (χ3v) is 5.72. The molecule has 0 bridgehead atoms. The number of thiophene rings is 1. The molecule has 2 heterocycles. The molecule has 1 aliphatic heterocycles. The Balaban J connectivity index is 1.70. The van der Waals surface area contributed by atoms with Crippen LogP contribution in [0.25, 0.3) is 0 Å². The molecule has 1 unspecified atom stereocenters. The van der Waals surface area contributed by atoms with Crippen LogP contribution in [0.15, 0.2) is 17.5 Å². The van der Waals surface area contributed by atoms with Crippen molar-refractivity contribution < 1.29 is 0 Å². The summed E-state index contributed by atoms with van der Waals surface area (Å²) in [5, 5.41) is 6.11. The zero-order valence-electron chi connectivity index (χ0n) is 12.0. The highest BCUT2D eigenvalue weighted by atomic mass is 32.1. The number of nitrogens with zero attached hydrogens (tertiary/aromatic N) is 1. The fourth-order valence-electron chi connectivity index (χ4n) is 3.83. The van der Waals surface area contributed by atoms with E-state index in [1.54, 1.807) is 0 Å². The molecule has 3 rings (SSSR count). The lowest BCUT2D eigenvalue weighted by molar-refractivity contribution is 0.0698. The van der Waals surface area contributed by atoms with Gasteiger partial charge in [-0.15, -0.1) is 11.3 Å². The number of piperazine rings is 1. The standard InChI is InChI=1S/C16H26N2S/c1-2-6-14-11-17-16(8-3-4-9-16)13-18(14)12-15-7-5-10-19-15/h5,7,10,14,17H,2-4,6,8-9,11-13H2,1H3. The van der Waals surface area contributed by atoms with E-state index in [2.05, 4.69) is 34.7 Å². The largest absolute Gasteiger partial charge is 0.308 e. The van der Waals surface area contributed by atoms with E-state index in [9.17, 15) is 0 Å². The zero-order valence-corrected chi connectivity index (χ0v) is 12.8. The van der Waals surface area contributed by atoms with Crippen molar-refractivity contribution in [3.8, 4) is 0 Å². The van der Waals surface area contributed by atoms with Crippen molar-refractivity contribution in [2.24, 2.45) is 0 Å². The minimum absolute atomic E-state index is 0.446. The summed E-state index contributed by atoms with van der Waals surface area (Å²) < 4.78 is 0. The molecular weight excluding hydrogens is 252 g/mol. The predicted molar refractivity (Wildman–Crippen MR) is 82.6 cm³/mol. The second-order valence-corrected chi connectivity index (χ2v) is 7.33. The topological polar surface area (TPSA) is 15.3 Å². The third-order valence-electron chi connectivity index (χ3n) is 4.86. The molecule has 1 aliphatic carbocycles. The van der Waals surface area contributed by atoms with Crippen molar-refractivity contribution in [1.29, 1.82) is 0 Å². The van der Waals surface area contributed by atoms with Crippen LogP contribution in [0, 0.1) is 0 Å². The van der Waals surface area contributed by atoms with E-state index in [0.29, 0.717) is 5.54 Å². The molecule has 3 heteroatoms. The molecule has 106 valence electrons. The van der Waals surface area contributed by atoms with Gasteiger partial charge in [-0.25, -0.2) is 0 Å². The van der Waals surface area contributed by atoms with E-state index in [-0.39, 0.29) is 0 Å². The van der Waals surface area contributed by atoms with Crippen LogP contribution in [0.4, 0.5) is 0 Å². The van der Waals surface area contributed by atoms with Crippen molar-refractivity contribution in [2.75, 3.05) is 13.1 Å². The van der Waals surface area contributed by atoms with E-state index in [1.807, 2.05) is 11.3 Å². The Kier molecular flexibility index (Phi) is 4.25. The monoisotopic (exact) mass is 278 g/mol. The maximum absolute atomic E-state index is 3.90. The van der Waals surface area contributed by atoms with Crippen LogP contribution in [-0.4, -0.2) is 29.6 Å². The molecular formula is C16H26N2S. The first-order chi connectivity index (χ1) is 9.31. The smallest absolute Gasteiger partial charge is 0.0332 e. The number of rotatable bonds is 4. The fraction of sp³-hybridized carbons (Fsp3) is 0.750. The second-order valence-electron chi connectivity index (χ2n) is 6.30. The van der Waals surface area contributed by atoms with Gasteiger partial charge in [0.05, 0.1) is 0 Å². The summed E-state index contributed by atoms with van der Waals surface area (Å²) in [6.45, 7) is 5.92. The van der Waals surface area contributed by atoms with Crippen molar-refractivity contribution in [2.45, 2.75) is 63.6 Å². The van der Waals surface area contributed by atoms with Crippen LogP contribution < -0.4 is 5.32 Å². The molecule has 19 heavy (non-hydrogen) atoms. The van der Waals surface area contributed by atoms with Crippen LogP contribution in [0.1, 0.15) is 50.3 Å². The number of hydrogen-bond acceptors (Lipinski definition) is 3. The average molecular weight is 278 g/mol. The molecule has 1 aromatic rings. The Labute approximate surface area is 121 Å². The van der Waals surface area contributed by atoms with Gasteiger partial charge >= 0.3 is 0 Å². The van der Waals surface area contributed by atoms with Gasteiger partial charge < -0.3 is 5.32 Å². The normalized spacial score (nSPS) is 27.1. The summed E-state index contributed by atoms with van der Waals surface area (Å²) in [7, 11) is 0. The first-order valence-electron chi connectivity index (χ1n) is 7.83. The Bertz CT molecular complexity index is 381. The number of nitrogens with one attached hydrogen (secondary N) is 1. The Morgan fingerprint density at radius 2 is 2.26 bits per heavy atom. The molecule has 0 radical (unpaired) electrons. The van der Waals surface area contributed by atoms with E-state index in [0.717, 1.165) is 12.6 Å². The van der Waals surface area contributed by atoms with E-state index < -0.39 is 0 Å². The summed E-state index contributed by atoms with van der Waals surface area (Å²) >= 11 is 1.91. The minimum Gasteiger partial charge on any atom is -0.308 e. The van der Waals surface area contributed by atoms with Gasteiger partial charge in [-0.05, 0) is 30.7 Å². The second kappa shape index (κ2) is 5.94. The minimum atomic E-state index is 0.446. The molecule has 1 atom stereocenters. The maximum atomic E-state index is 3.90. The van der Waals surface area contributed by atoms with Gasteiger partial charge in [0.25, 0.3) is 0 Å². The van der Waals surface area contributed by atoms with E-state index in [4.69, 9.17) is 0 Å². The number of hydrogen-bond donors (Lipinski definition) is 1. The van der Waals surface area contributed by atoms with Gasteiger partial charge in [-0.1, -0.05) is 32.3 Å². The highest BCUT2D eigenvalue weighted by Crippen LogP contribution is 2.34. The first-order valence-corrected chi connectivity index (χ1v) is 8.71. The molecule has 0 aromatic carbocycles. The van der Waals surface area contributed by atoms with Crippen LogP contribution in [0.2, 0.25) is 0 Å². The average Bonchev–Trinajstić information content (AvgIpc) is 3.06. The fourth-order valence-corrected chi connectivity index (χ4v) is 4.56. The Morgan fingerprint density at radius 3 is 2.95 bits per heavy atom. The Hall–Kier alpha value is -0.380. The van der Waals surface area contributed by atoms with Crippen molar-refractivity contribution in [1.82, 2.24) is 10.2 Å². The van der Waals surface area contributed by atoms with Gasteiger partial charge in [-0.3, -0.25) is 4.90 Å². The van der Waals surface area contributed by atoms with Crippen LogP contribution in [-0.2, 0) is 6.54 Å². The van der Waals surface area contributed by atoms with Crippen molar-refractivity contribution in [3.05, 3.63) is 22.4 Å². The molecule has 1 spiro atoms. The van der Waals surface area contributed by atoms with Gasteiger partial charge in [-0.2, -0.15) is 0 Å². The SMILES string of the molecule is CCCC1CNC2(CCCC2)CN1Cc1cccs1. The molecule has 2 nitrogen and oxygen atoms in total. The molecule has 2 aliphatic rings. The van der Waals surface area contributed by atoms with Crippen molar-refractivity contribution >= 4 is 11.3 Å². The van der Waals surface area contributed by atoms with Gasteiger partial charge in [0.1, 0.15) is 0 Å². The van der Waals surface area contributed by atoms with Crippen LogP contribution in [0.3, 0.4) is 0 Å². The zero-order chi connectivity index (χ0) is 13.1. The van der Waals surface area contributed by atoms with Gasteiger partial charge in [0.15, 0.2) is 0 Å². The van der Waals surface area contributed by atoms with Gasteiger partial charge in [0, 0.05) is 36.1 Å². The lowest BCUT2D eigenvalue weighted by atomic mass is 9.91. The summed E-state index contributed by atoms with van der Waals surface area (Å²) in [6.07, 6.45) is 8.21. The van der Waals surface area contributed by atoms with Crippen molar-refractivity contribution in [3.63, 3.8) is 0 Å². The van der Waals surface area contributed by atoms with E-state index in [1.165, 1.54) is 56.5 Å². The highest BCUT2D eigenvalue weighted by Gasteiger charge is 2.40.